The molecule has 1 aromatic heterocycles. The zero-order valence-electron chi connectivity index (χ0n) is 14.4. The fourth-order valence-corrected chi connectivity index (χ4v) is 2.91. The van der Waals surface area contributed by atoms with Crippen molar-refractivity contribution in [1.82, 2.24) is 10.2 Å². The molecule has 0 atom stereocenters. The predicted molar refractivity (Wildman–Crippen MR) is 104 cm³/mol. The first-order chi connectivity index (χ1) is 12.7. The molecule has 0 saturated carbocycles. The zero-order valence-corrected chi connectivity index (χ0v) is 15.2. The highest BCUT2D eigenvalue weighted by Gasteiger charge is 2.06. The van der Waals surface area contributed by atoms with Crippen LogP contribution in [0.25, 0.3) is 11.3 Å². The Hall–Kier alpha value is -2.86. The molecule has 3 aromatic rings. The SMILES string of the molecule is CCOc1ccc(NC(=O)CSc2ccc(-c3ccccc3)nn2)cc1. The van der Waals surface area contributed by atoms with Gasteiger partial charge in [0.15, 0.2) is 0 Å². The average Bonchev–Trinajstić information content (AvgIpc) is 2.69. The number of nitrogens with zero attached hydrogens (tertiary/aromatic N) is 2. The van der Waals surface area contributed by atoms with Gasteiger partial charge in [0.2, 0.25) is 5.91 Å². The van der Waals surface area contributed by atoms with Crippen LogP contribution in [0.15, 0.2) is 71.8 Å². The molecule has 132 valence electrons. The third-order valence-electron chi connectivity index (χ3n) is 3.51. The molecule has 0 radical (unpaired) electrons. The summed E-state index contributed by atoms with van der Waals surface area (Å²) in [5.41, 5.74) is 2.57. The van der Waals surface area contributed by atoms with Gasteiger partial charge in [0.05, 0.1) is 18.1 Å². The monoisotopic (exact) mass is 365 g/mol. The maximum atomic E-state index is 12.1. The fourth-order valence-electron chi connectivity index (χ4n) is 2.30. The molecule has 0 bridgehead atoms. The van der Waals surface area contributed by atoms with Gasteiger partial charge in [0.1, 0.15) is 10.8 Å². The van der Waals surface area contributed by atoms with Gasteiger partial charge in [-0.15, -0.1) is 10.2 Å². The molecule has 0 unspecified atom stereocenters. The normalized spacial score (nSPS) is 10.3. The maximum absolute atomic E-state index is 12.1. The van der Waals surface area contributed by atoms with E-state index in [2.05, 4.69) is 15.5 Å². The quantitative estimate of drug-likeness (QED) is 0.633. The predicted octanol–water partition coefficient (Wildman–Crippen LogP) is 4.27. The van der Waals surface area contributed by atoms with Crippen LogP contribution in [0.1, 0.15) is 6.92 Å². The lowest BCUT2D eigenvalue weighted by molar-refractivity contribution is -0.113. The van der Waals surface area contributed by atoms with E-state index in [0.717, 1.165) is 22.7 Å². The average molecular weight is 365 g/mol. The van der Waals surface area contributed by atoms with Crippen LogP contribution in [-0.4, -0.2) is 28.5 Å². The van der Waals surface area contributed by atoms with Gasteiger partial charge in [-0.05, 0) is 43.3 Å². The number of benzene rings is 2. The van der Waals surface area contributed by atoms with Crippen LogP contribution in [0.3, 0.4) is 0 Å². The number of carbonyl (C=O) groups is 1. The first-order valence-electron chi connectivity index (χ1n) is 8.29. The molecule has 5 nitrogen and oxygen atoms in total. The number of ether oxygens (including phenoxy) is 1. The summed E-state index contributed by atoms with van der Waals surface area (Å²) in [6.07, 6.45) is 0. The van der Waals surface area contributed by atoms with Crippen LogP contribution >= 0.6 is 11.8 Å². The van der Waals surface area contributed by atoms with Crippen molar-refractivity contribution < 1.29 is 9.53 Å². The van der Waals surface area contributed by atoms with E-state index in [9.17, 15) is 4.79 Å². The highest BCUT2D eigenvalue weighted by atomic mass is 32.2. The van der Waals surface area contributed by atoms with Crippen molar-refractivity contribution in [3.05, 3.63) is 66.7 Å². The summed E-state index contributed by atoms with van der Waals surface area (Å²) in [7, 11) is 0. The standard InChI is InChI=1S/C20H19N3O2S/c1-2-25-17-10-8-16(9-11-17)21-19(24)14-26-20-13-12-18(22-23-20)15-6-4-3-5-7-15/h3-13H,2,14H2,1H3,(H,21,24). The third-order valence-corrected chi connectivity index (χ3v) is 4.43. The van der Waals surface area contributed by atoms with E-state index in [0.29, 0.717) is 11.6 Å². The first kappa shape index (κ1) is 17.9. The second-order valence-corrected chi connectivity index (χ2v) is 6.41. The van der Waals surface area contributed by atoms with Crippen molar-refractivity contribution in [3.63, 3.8) is 0 Å². The summed E-state index contributed by atoms with van der Waals surface area (Å²) in [4.78, 5) is 12.1. The van der Waals surface area contributed by atoms with Gasteiger partial charge in [0, 0.05) is 11.3 Å². The zero-order chi connectivity index (χ0) is 18.2. The Bertz CT molecular complexity index is 837. The van der Waals surface area contributed by atoms with Crippen molar-refractivity contribution in [3.8, 4) is 17.0 Å². The summed E-state index contributed by atoms with van der Waals surface area (Å²) in [5.74, 6) is 0.966. The highest BCUT2D eigenvalue weighted by Crippen LogP contribution is 2.20. The number of anilines is 1. The molecule has 1 N–H and O–H groups in total. The minimum Gasteiger partial charge on any atom is -0.494 e. The number of hydrogen-bond donors (Lipinski definition) is 1. The summed E-state index contributed by atoms with van der Waals surface area (Å²) in [5, 5.41) is 12.0. The summed E-state index contributed by atoms with van der Waals surface area (Å²) in [6, 6.07) is 21.0. The minimum absolute atomic E-state index is 0.0897. The van der Waals surface area contributed by atoms with Crippen molar-refractivity contribution >= 4 is 23.4 Å². The molecule has 2 aromatic carbocycles. The van der Waals surface area contributed by atoms with Crippen molar-refractivity contribution in [2.45, 2.75) is 11.9 Å². The molecule has 6 heteroatoms. The van der Waals surface area contributed by atoms with Gasteiger partial charge < -0.3 is 10.1 Å². The lowest BCUT2D eigenvalue weighted by atomic mass is 10.1. The fraction of sp³-hybridized carbons (Fsp3) is 0.150. The lowest BCUT2D eigenvalue weighted by Crippen LogP contribution is -2.14. The molecular weight excluding hydrogens is 346 g/mol. The number of nitrogens with one attached hydrogen (secondary N) is 1. The molecule has 0 saturated heterocycles. The van der Waals surface area contributed by atoms with E-state index in [1.165, 1.54) is 11.8 Å². The largest absolute Gasteiger partial charge is 0.494 e. The summed E-state index contributed by atoms with van der Waals surface area (Å²) in [6.45, 7) is 2.55. The van der Waals surface area contributed by atoms with Crippen LogP contribution in [0, 0.1) is 0 Å². The highest BCUT2D eigenvalue weighted by molar-refractivity contribution is 7.99. The van der Waals surface area contributed by atoms with Crippen LogP contribution in [0.4, 0.5) is 5.69 Å². The molecule has 0 aliphatic rings. The number of amides is 1. The molecule has 3 rings (SSSR count). The Kier molecular flexibility index (Phi) is 6.22. The minimum atomic E-state index is -0.0897. The molecule has 1 amide bonds. The Morgan fingerprint density at radius 2 is 1.77 bits per heavy atom. The van der Waals surface area contributed by atoms with Crippen LogP contribution in [0.5, 0.6) is 5.75 Å². The Balaban J connectivity index is 1.51. The van der Waals surface area contributed by atoms with E-state index in [1.807, 2.05) is 73.7 Å². The number of thioether (sulfide) groups is 1. The summed E-state index contributed by atoms with van der Waals surface area (Å²) >= 11 is 1.35. The van der Waals surface area contributed by atoms with Crippen LogP contribution in [-0.2, 0) is 4.79 Å². The van der Waals surface area contributed by atoms with Gasteiger partial charge in [-0.1, -0.05) is 42.1 Å². The lowest BCUT2D eigenvalue weighted by Gasteiger charge is -2.07. The van der Waals surface area contributed by atoms with E-state index in [4.69, 9.17) is 4.74 Å². The first-order valence-corrected chi connectivity index (χ1v) is 9.28. The number of rotatable bonds is 7. The number of aromatic nitrogens is 2. The van der Waals surface area contributed by atoms with E-state index >= 15 is 0 Å². The maximum Gasteiger partial charge on any atom is 0.234 e. The van der Waals surface area contributed by atoms with E-state index in [-0.39, 0.29) is 11.7 Å². The third kappa shape index (κ3) is 5.07. The van der Waals surface area contributed by atoms with Gasteiger partial charge >= 0.3 is 0 Å². The van der Waals surface area contributed by atoms with Gasteiger partial charge in [-0.2, -0.15) is 0 Å². The number of hydrogen-bond acceptors (Lipinski definition) is 5. The Labute approximate surface area is 156 Å². The van der Waals surface area contributed by atoms with E-state index in [1.54, 1.807) is 0 Å². The van der Waals surface area contributed by atoms with Crippen LogP contribution < -0.4 is 10.1 Å². The Morgan fingerprint density at radius 3 is 2.42 bits per heavy atom. The van der Waals surface area contributed by atoms with Gasteiger partial charge in [-0.25, -0.2) is 0 Å². The van der Waals surface area contributed by atoms with Crippen molar-refractivity contribution in [2.24, 2.45) is 0 Å². The molecular formula is C20H19N3O2S. The molecule has 1 heterocycles. The second kappa shape index (κ2) is 9.01. The van der Waals surface area contributed by atoms with Gasteiger partial charge in [-0.3, -0.25) is 4.79 Å². The van der Waals surface area contributed by atoms with E-state index < -0.39 is 0 Å². The van der Waals surface area contributed by atoms with Crippen molar-refractivity contribution in [1.29, 1.82) is 0 Å². The molecule has 0 aliphatic carbocycles. The van der Waals surface area contributed by atoms with Crippen molar-refractivity contribution in [2.75, 3.05) is 17.7 Å². The molecule has 0 fully saturated rings. The van der Waals surface area contributed by atoms with Crippen LogP contribution in [0.2, 0.25) is 0 Å². The number of carbonyl (C=O) groups excluding carboxylic acids is 1. The molecule has 26 heavy (non-hydrogen) atoms. The molecule has 0 aliphatic heterocycles. The topological polar surface area (TPSA) is 64.1 Å². The Morgan fingerprint density at radius 1 is 1.00 bits per heavy atom. The smallest absolute Gasteiger partial charge is 0.234 e. The molecule has 0 spiro atoms. The second-order valence-electron chi connectivity index (χ2n) is 5.42. The van der Waals surface area contributed by atoms with Gasteiger partial charge in [0.25, 0.3) is 0 Å². The summed E-state index contributed by atoms with van der Waals surface area (Å²) < 4.78 is 5.38.